The molecule has 7 heteroatoms. The van der Waals surface area contributed by atoms with Gasteiger partial charge >= 0.3 is 0 Å². The summed E-state index contributed by atoms with van der Waals surface area (Å²) < 4.78 is 19.1. The molecule has 0 spiro atoms. The summed E-state index contributed by atoms with van der Waals surface area (Å²) in [6.45, 7) is 5.42. The monoisotopic (exact) mass is 460 g/mol. The fourth-order valence-electron chi connectivity index (χ4n) is 3.98. The van der Waals surface area contributed by atoms with E-state index in [-0.39, 0.29) is 36.8 Å². The Morgan fingerprint density at radius 1 is 1.16 bits per heavy atom. The molecule has 1 fully saturated rings. The first kappa shape index (κ1) is 24.1. The lowest BCUT2D eigenvalue weighted by Gasteiger charge is -2.29. The molecule has 5 nitrogen and oxygen atoms in total. The highest BCUT2D eigenvalue weighted by Gasteiger charge is 2.28. The summed E-state index contributed by atoms with van der Waals surface area (Å²) >= 11 is 6.21. The van der Waals surface area contributed by atoms with Gasteiger partial charge in [0.1, 0.15) is 17.6 Å². The summed E-state index contributed by atoms with van der Waals surface area (Å²) in [5.74, 6) is -0.322. The molecule has 2 aromatic rings. The van der Waals surface area contributed by atoms with Crippen molar-refractivity contribution >= 4 is 23.4 Å². The predicted molar refractivity (Wildman–Crippen MR) is 123 cm³/mol. The molecule has 3 rings (SSSR count). The van der Waals surface area contributed by atoms with Gasteiger partial charge in [0.2, 0.25) is 5.91 Å². The Morgan fingerprint density at radius 3 is 2.34 bits per heavy atom. The molecule has 0 bridgehead atoms. The number of amides is 2. The second kappa shape index (κ2) is 10.8. The number of hydrogen-bond donors (Lipinski definition) is 1. The van der Waals surface area contributed by atoms with Gasteiger partial charge in [-0.05, 0) is 74.6 Å². The van der Waals surface area contributed by atoms with E-state index in [9.17, 15) is 14.0 Å². The first-order valence-electron chi connectivity index (χ1n) is 11.0. The minimum Gasteiger partial charge on any atom is -0.484 e. The van der Waals surface area contributed by atoms with Crippen molar-refractivity contribution in [2.24, 2.45) is 0 Å². The maximum absolute atomic E-state index is 13.3. The molecular formula is C25H30ClFN2O3. The topological polar surface area (TPSA) is 58.6 Å². The van der Waals surface area contributed by atoms with Gasteiger partial charge in [-0.15, -0.1) is 0 Å². The van der Waals surface area contributed by atoms with Crippen molar-refractivity contribution in [3.05, 3.63) is 63.9 Å². The molecule has 0 heterocycles. The quantitative estimate of drug-likeness (QED) is 0.606. The lowest BCUT2D eigenvalue weighted by atomic mass is 10.1. The number of nitrogens with one attached hydrogen (secondary N) is 1. The van der Waals surface area contributed by atoms with Gasteiger partial charge < -0.3 is 15.0 Å². The zero-order valence-electron chi connectivity index (χ0n) is 18.8. The SMILES string of the molecule is Cc1cc(OCC(=O)N(Cc2ccc(F)cc2)[C@H](C)C(=O)NC2CCCC2)cc(C)c1Cl. The van der Waals surface area contributed by atoms with E-state index in [2.05, 4.69) is 5.32 Å². The Hall–Kier alpha value is -2.60. The maximum atomic E-state index is 13.3. The molecule has 1 saturated carbocycles. The van der Waals surface area contributed by atoms with Crippen molar-refractivity contribution < 1.29 is 18.7 Å². The van der Waals surface area contributed by atoms with E-state index in [0.717, 1.165) is 42.4 Å². The summed E-state index contributed by atoms with van der Waals surface area (Å²) in [6.07, 6.45) is 4.13. The highest BCUT2D eigenvalue weighted by Crippen LogP contribution is 2.26. The normalized spacial score (nSPS) is 14.8. The number of ether oxygens (including phenoxy) is 1. The van der Waals surface area contributed by atoms with Crippen LogP contribution in [0.1, 0.15) is 49.3 Å². The average Bonchev–Trinajstić information content (AvgIpc) is 3.27. The molecule has 0 aromatic heterocycles. The summed E-state index contributed by atoms with van der Waals surface area (Å²) in [6, 6.07) is 8.95. The van der Waals surface area contributed by atoms with E-state index in [4.69, 9.17) is 16.3 Å². The summed E-state index contributed by atoms with van der Waals surface area (Å²) in [7, 11) is 0. The summed E-state index contributed by atoms with van der Waals surface area (Å²) in [5.41, 5.74) is 2.46. The number of carbonyl (C=O) groups excluding carboxylic acids is 2. The van der Waals surface area contributed by atoms with Gasteiger partial charge in [-0.1, -0.05) is 36.6 Å². The number of halogens is 2. The molecule has 2 aromatic carbocycles. The van der Waals surface area contributed by atoms with Crippen LogP contribution < -0.4 is 10.1 Å². The predicted octanol–water partition coefficient (Wildman–Crippen LogP) is 4.95. The third kappa shape index (κ3) is 6.22. The molecule has 1 N–H and O–H groups in total. The van der Waals surface area contributed by atoms with Crippen LogP contribution in [0.4, 0.5) is 4.39 Å². The highest BCUT2D eigenvalue weighted by atomic mass is 35.5. The molecule has 1 aliphatic carbocycles. The zero-order chi connectivity index (χ0) is 23.3. The lowest BCUT2D eigenvalue weighted by Crippen LogP contribution is -2.50. The van der Waals surface area contributed by atoms with Gasteiger partial charge in [0.15, 0.2) is 6.61 Å². The van der Waals surface area contributed by atoms with Crippen LogP contribution in [0.2, 0.25) is 5.02 Å². The van der Waals surface area contributed by atoms with Crippen LogP contribution in [0.5, 0.6) is 5.75 Å². The molecule has 172 valence electrons. The van der Waals surface area contributed by atoms with E-state index >= 15 is 0 Å². The number of hydrogen-bond acceptors (Lipinski definition) is 3. The third-order valence-corrected chi connectivity index (χ3v) is 6.50. The highest BCUT2D eigenvalue weighted by molar-refractivity contribution is 6.32. The van der Waals surface area contributed by atoms with Gasteiger partial charge in [0.05, 0.1) is 0 Å². The van der Waals surface area contributed by atoms with Crippen molar-refractivity contribution in [1.82, 2.24) is 10.2 Å². The largest absolute Gasteiger partial charge is 0.484 e. The van der Waals surface area contributed by atoms with Gasteiger partial charge in [-0.3, -0.25) is 9.59 Å². The van der Waals surface area contributed by atoms with Gasteiger partial charge in [0.25, 0.3) is 5.91 Å². The molecular weight excluding hydrogens is 431 g/mol. The van der Waals surface area contributed by atoms with Crippen LogP contribution in [0.25, 0.3) is 0 Å². The van der Waals surface area contributed by atoms with E-state index in [1.807, 2.05) is 13.8 Å². The summed E-state index contributed by atoms with van der Waals surface area (Å²) in [4.78, 5) is 27.5. The molecule has 0 radical (unpaired) electrons. The molecule has 0 unspecified atom stereocenters. The van der Waals surface area contributed by atoms with E-state index < -0.39 is 6.04 Å². The Balaban J connectivity index is 1.73. The number of aryl methyl sites for hydroxylation is 2. The van der Waals surface area contributed by atoms with Crippen molar-refractivity contribution in [2.45, 2.75) is 65.1 Å². The fourth-order valence-corrected chi connectivity index (χ4v) is 4.09. The van der Waals surface area contributed by atoms with Crippen molar-refractivity contribution in [2.75, 3.05) is 6.61 Å². The van der Waals surface area contributed by atoms with E-state index in [0.29, 0.717) is 10.8 Å². The molecule has 2 amide bonds. The molecule has 0 saturated heterocycles. The van der Waals surface area contributed by atoms with Gasteiger partial charge in [0, 0.05) is 17.6 Å². The van der Waals surface area contributed by atoms with Crippen LogP contribution in [0.3, 0.4) is 0 Å². The first-order valence-corrected chi connectivity index (χ1v) is 11.4. The molecule has 32 heavy (non-hydrogen) atoms. The van der Waals surface area contributed by atoms with Crippen LogP contribution in [-0.4, -0.2) is 35.4 Å². The number of benzene rings is 2. The minimum atomic E-state index is -0.689. The van der Waals surface area contributed by atoms with Crippen LogP contribution in [-0.2, 0) is 16.1 Å². The van der Waals surface area contributed by atoms with Crippen molar-refractivity contribution in [3.8, 4) is 5.75 Å². The maximum Gasteiger partial charge on any atom is 0.261 e. The van der Waals surface area contributed by atoms with E-state index in [1.165, 1.54) is 17.0 Å². The Kier molecular flexibility index (Phi) is 8.13. The molecule has 1 atom stereocenters. The Labute approximate surface area is 193 Å². The third-order valence-electron chi connectivity index (χ3n) is 5.91. The first-order chi connectivity index (χ1) is 15.2. The Morgan fingerprint density at radius 2 is 1.75 bits per heavy atom. The van der Waals surface area contributed by atoms with Crippen LogP contribution >= 0.6 is 11.6 Å². The van der Waals surface area contributed by atoms with Gasteiger partial charge in [-0.25, -0.2) is 4.39 Å². The van der Waals surface area contributed by atoms with Crippen LogP contribution in [0, 0.1) is 19.7 Å². The van der Waals surface area contributed by atoms with E-state index in [1.54, 1.807) is 31.2 Å². The number of rotatable bonds is 8. The second-order valence-electron chi connectivity index (χ2n) is 8.47. The lowest BCUT2D eigenvalue weighted by molar-refractivity contribution is -0.142. The van der Waals surface area contributed by atoms with Crippen molar-refractivity contribution in [3.63, 3.8) is 0 Å². The average molecular weight is 461 g/mol. The molecule has 0 aliphatic heterocycles. The fraction of sp³-hybridized carbons (Fsp3) is 0.440. The Bertz CT molecular complexity index is 935. The summed E-state index contributed by atoms with van der Waals surface area (Å²) in [5, 5.41) is 3.72. The van der Waals surface area contributed by atoms with Gasteiger partial charge in [-0.2, -0.15) is 0 Å². The molecule has 1 aliphatic rings. The minimum absolute atomic E-state index is 0.156. The standard InChI is InChI=1S/C25H30ClFN2O3/c1-16-12-22(13-17(2)24(16)26)32-15-23(30)29(14-19-8-10-20(27)11-9-19)18(3)25(31)28-21-6-4-5-7-21/h8-13,18,21H,4-7,14-15H2,1-3H3,(H,28,31)/t18-/m1/s1. The number of carbonyl (C=O) groups is 2. The second-order valence-corrected chi connectivity index (χ2v) is 8.85. The number of nitrogens with zero attached hydrogens (tertiary/aromatic N) is 1. The zero-order valence-corrected chi connectivity index (χ0v) is 19.5. The van der Waals surface area contributed by atoms with Crippen molar-refractivity contribution in [1.29, 1.82) is 0 Å². The van der Waals surface area contributed by atoms with Crippen LogP contribution in [0.15, 0.2) is 36.4 Å². The smallest absolute Gasteiger partial charge is 0.261 e.